The number of ketones is 1. The van der Waals surface area contributed by atoms with Gasteiger partial charge in [-0.05, 0) is 47.2 Å². The van der Waals surface area contributed by atoms with Gasteiger partial charge in [0, 0.05) is 21.7 Å². The molecule has 0 fully saturated rings. The van der Waals surface area contributed by atoms with E-state index in [9.17, 15) is 14.0 Å². The first-order valence-electron chi connectivity index (χ1n) is 8.69. The smallest absolute Gasteiger partial charge is 0.336 e. The molecule has 4 rings (SSSR count). The maximum Gasteiger partial charge on any atom is 0.336 e. The van der Waals surface area contributed by atoms with Gasteiger partial charge >= 0.3 is 5.97 Å². The summed E-state index contributed by atoms with van der Waals surface area (Å²) >= 11 is 1.38. The van der Waals surface area contributed by atoms with E-state index in [-0.39, 0.29) is 17.3 Å². The van der Waals surface area contributed by atoms with Crippen molar-refractivity contribution in [3.63, 3.8) is 0 Å². The lowest BCUT2D eigenvalue weighted by Crippen LogP contribution is -2.11. The zero-order chi connectivity index (χ0) is 19.0. The normalized spacial score (nSPS) is 15.7. The summed E-state index contributed by atoms with van der Waals surface area (Å²) in [5.74, 6) is -1.04. The molecule has 1 aromatic heterocycles. The van der Waals surface area contributed by atoms with Gasteiger partial charge in [0.1, 0.15) is 6.67 Å². The van der Waals surface area contributed by atoms with Gasteiger partial charge in [0.25, 0.3) is 0 Å². The summed E-state index contributed by atoms with van der Waals surface area (Å²) in [7, 11) is 0. The fourth-order valence-electron chi connectivity index (χ4n) is 3.70. The Morgan fingerprint density at radius 1 is 1.15 bits per heavy atom. The molecule has 1 atom stereocenters. The van der Waals surface area contributed by atoms with Gasteiger partial charge in [-0.15, -0.1) is 11.3 Å². The van der Waals surface area contributed by atoms with E-state index in [2.05, 4.69) is 0 Å². The maximum absolute atomic E-state index is 13.0. The molecule has 136 valence electrons. The van der Waals surface area contributed by atoms with Crippen LogP contribution in [0.15, 0.2) is 53.9 Å². The van der Waals surface area contributed by atoms with Crippen LogP contribution in [0, 0.1) is 5.92 Å². The molecule has 2 aromatic carbocycles. The van der Waals surface area contributed by atoms with E-state index in [4.69, 9.17) is 5.11 Å². The average molecular weight is 380 g/mol. The Bertz CT molecular complexity index is 1040. The minimum absolute atomic E-state index is 0.0961. The van der Waals surface area contributed by atoms with Crippen molar-refractivity contribution in [1.29, 1.82) is 0 Å². The minimum atomic E-state index is -0.950. The van der Waals surface area contributed by atoms with Gasteiger partial charge in [-0.2, -0.15) is 0 Å². The fourth-order valence-corrected chi connectivity index (χ4v) is 4.64. The van der Waals surface area contributed by atoms with E-state index >= 15 is 0 Å². The highest BCUT2D eigenvalue weighted by Gasteiger charge is 2.32. The van der Waals surface area contributed by atoms with Crippen molar-refractivity contribution < 1.29 is 19.1 Å². The molecular formula is C22H17FO3S. The van der Waals surface area contributed by atoms with Crippen molar-refractivity contribution in [3.8, 4) is 11.1 Å². The molecule has 0 saturated heterocycles. The van der Waals surface area contributed by atoms with Crippen LogP contribution < -0.4 is 0 Å². The summed E-state index contributed by atoms with van der Waals surface area (Å²) in [5.41, 5.74) is 4.49. The van der Waals surface area contributed by atoms with Crippen LogP contribution in [0.3, 0.4) is 0 Å². The molecule has 1 aliphatic rings. The van der Waals surface area contributed by atoms with Gasteiger partial charge in [0.05, 0.1) is 5.56 Å². The number of carboxylic acid groups (broad SMARTS) is 1. The highest BCUT2D eigenvalue weighted by Crippen LogP contribution is 2.37. The lowest BCUT2D eigenvalue weighted by molar-refractivity contribution is 0.0697. The summed E-state index contributed by atoms with van der Waals surface area (Å²) in [6.45, 7) is -0.519. The van der Waals surface area contributed by atoms with Crippen LogP contribution in [0.4, 0.5) is 4.39 Å². The van der Waals surface area contributed by atoms with Crippen molar-refractivity contribution in [2.75, 3.05) is 0 Å². The Hall–Kier alpha value is -2.79. The molecule has 0 aliphatic heterocycles. The largest absolute Gasteiger partial charge is 0.478 e. The molecule has 0 radical (unpaired) electrons. The number of hydrogen-bond donors (Lipinski definition) is 1. The number of fused-ring (bicyclic) bond motifs is 1. The summed E-state index contributed by atoms with van der Waals surface area (Å²) in [6, 6.07) is 14.7. The van der Waals surface area contributed by atoms with Crippen molar-refractivity contribution in [3.05, 3.63) is 81.0 Å². The number of benzene rings is 2. The second kappa shape index (κ2) is 7.08. The number of halogens is 1. The number of thiophene rings is 1. The summed E-state index contributed by atoms with van der Waals surface area (Å²) < 4.78 is 13.0. The number of Topliss-reactive ketones (excluding diaryl/α,β-unsaturated/α-hetero) is 1. The third-order valence-corrected chi connectivity index (χ3v) is 5.96. The standard InChI is InChI=1S/C22H17FO3S/c23-11-13-3-1-4-14(7-13)18-5-2-6-19-20(18)10-15(21(19)24)8-17-9-16(12-27-17)22(25)26/h1-7,9,12,15H,8,10-11H2,(H,25,26). The predicted molar refractivity (Wildman–Crippen MR) is 103 cm³/mol. The number of carbonyl (C=O) groups excluding carboxylic acids is 1. The molecule has 0 spiro atoms. The SMILES string of the molecule is O=C(O)c1csc(CC2Cc3c(cccc3-c3cccc(CF)c3)C2=O)c1. The Kier molecular flexibility index (Phi) is 4.62. The molecule has 0 amide bonds. The van der Waals surface area contributed by atoms with Crippen LogP contribution >= 0.6 is 11.3 Å². The lowest BCUT2D eigenvalue weighted by Gasteiger charge is -2.09. The zero-order valence-corrected chi connectivity index (χ0v) is 15.3. The Labute approximate surface area is 160 Å². The van der Waals surface area contributed by atoms with Crippen LogP contribution in [0.5, 0.6) is 0 Å². The van der Waals surface area contributed by atoms with Gasteiger partial charge in [-0.25, -0.2) is 9.18 Å². The summed E-state index contributed by atoms with van der Waals surface area (Å²) in [5, 5.41) is 10.7. The van der Waals surface area contributed by atoms with Crippen molar-refractivity contribution in [2.45, 2.75) is 19.5 Å². The molecule has 3 aromatic rings. The van der Waals surface area contributed by atoms with E-state index in [0.29, 0.717) is 18.4 Å². The Balaban J connectivity index is 1.64. The van der Waals surface area contributed by atoms with Gasteiger partial charge in [0.2, 0.25) is 0 Å². The topological polar surface area (TPSA) is 54.4 Å². The average Bonchev–Trinajstić information content (AvgIpc) is 3.27. The lowest BCUT2D eigenvalue weighted by atomic mass is 9.95. The van der Waals surface area contributed by atoms with Gasteiger partial charge < -0.3 is 5.11 Å². The monoisotopic (exact) mass is 380 g/mol. The van der Waals surface area contributed by atoms with Crippen molar-refractivity contribution >= 4 is 23.1 Å². The zero-order valence-electron chi connectivity index (χ0n) is 14.4. The number of aromatic carboxylic acids is 1. The van der Waals surface area contributed by atoms with Gasteiger partial charge in [0.15, 0.2) is 5.78 Å². The molecule has 1 heterocycles. The number of carboxylic acids is 1. The first-order chi connectivity index (χ1) is 13.1. The first-order valence-corrected chi connectivity index (χ1v) is 9.57. The molecule has 5 heteroatoms. The second-order valence-electron chi connectivity index (χ2n) is 6.74. The van der Waals surface area contributed by atoms with Crippen molar-refractivity contribution in [1.82, 2.24) is 0 Å². The molecule has 0 bridgehead atoms. The maximum atomic E-state index is 13.0. The summed E-state index contributed by atoms with van der Waals surface area (Å²) in [6.07, 6.45) is 1.15. The van der Waals surface area contributed by atoms with Crippen LogP contribution in [-0.4, -0.2) is 16.9 Å². The van der Waals surface area contributed by atoms with E-state index < -0.39 is 12.6 Å². The van der Waals surface area contributed by atoms with Crippen LogP contribution in [-0.2, 0) is 19.5 Å². The predicted octanol–water partition coefficient (Wildman–Crippen LogP) is 5.18. The number of rotatable bonds is 5. The molecule has 27 heavy (non-hydrogen) atoms. The van der Waals surface area contributed by atoms with E-state index in [1.54, 1.807) is 17.5 Å². The van der Waals surface area contributed by atoms with Crippen LogP contribution in [0.1, 0.15) is 36.7 Å². The molecule has 3 nitrogen and oxygen atoms in total. The van der Waals surface area contributed by atoms with Gasteiger partial charge in [-0.1, -0.05) is 36.4 Å². The minimum Gasteiger partial charge on any atom is -0.478 e. The quantitative estimate of drug-likeness (QED) is 0.663. The third-order valence-electron chi connectivity index (χ3n) is 5.00. The highest BCUT2D eigenvalue weighted by molar-refractivity contribution is 7.10. The molecule has 1 N–H and O–H groups in total. The number of carbonyl (C=O) groups is 2. The van der Waals surface area contributed by atoms with Crippen molar-refractivity contribution in [2.24, 2.45) is 5.92 Å². The molecule has 1 unspecified atom stereocenters. The van der Waals surface area contributed by atoms with Crippen LogP contribution in [0.25, 0.3) is 11.1 Å². The molecular weight excluding hydrogens is 363 g/mol. The molecule has 0 saturated carbocycles. The van der Waals surface area contributed by atoms with E-state index in [1.165, 1.54) is 11.3 Å². The summed E-state index contributed by atoms with van der Waals surface area (Å²) in [4.78, 5) is 24.8. The van der Waals surface area contributed by atoms with E-state index in [0.717, 1.165) is 27.1 Å². The second-order valence-corrected chi connectivity index (χ2v) is 7.74. The number of alkyl halides is 1. The molecule has 1 aliphatic carbocycles. The highest BCUT2D eigenvalue weighted by atomic mass is 32.1. The Morgan fingerprint density at radius 3 is 2.67 bits per heavy atom. The Morgan fingerprint density at radius 2 is 1.93 bits per heavy atom. The first kappa shape index (κ1) is 17.6. The van der Waals surface area contributed by atoms with Gasteiger partial charge in [-0.3, -0.25) is 4.79 Å². The van der Waals surface area contributed by atoms with Crippen LogP contribution in [0.2, 0.25) is 0 Å². The number of hydrogen-bond acceptors (Lipinski definition) is 3. The fraction of sp³-hybridized carbons (Fsp3) is 0.182. The van der Waals surface area contributed by atoms with E-state index in [1.807, 2.05) is 36.4 Å². The third kappa shape index (κ3) is 3.30.